The fourth-order valence-corrected chi connectivity index (χ4v) is 4.82. The molecule has 0 radical (unpaired) electrons. The molecule has 2 heterocycles. The van der Waals surface area contributed by atoms with Crippen LogP contribution >= 0.6 is 11.6 Å². The number of H-pyrrole nitrogens is 1. The fraction of sp³-hybridized carbons (Fsp3) is 0.0952. The summed E-state index contributed by atoms with van der Waals surface area (Å²) in [5.41, 5.74) is 0.871. The second kappa shape index (κ2) is 8.61. The largest absolute Gasteiger partial charge is 0.416 e. The predicted octanol–water partition coefficient (Wildman–Crippen LogP) is 4.46. The van der Waals surface area contributed by atoms with Gasteiger partial charge in [-0.2, -0.15) is 18.3 Å². The molecule has 8 nitrogen and oxygen atoms in total. The van der Waals surface area contributed by atoms with Crippen LogP contribution < -0.4 is 10.0 Å². The summed E-state index contributed by atoms with van der Waals surface area (Å²) in [5.74, 6) is -0.326. The molecule has 0 aliphatic carbocycles. The molecular formula is C21H15ClF3N5O3S. The summed E-state index contributed by atoms with van der Waals surface area (Å²) in [6, 6.07) is 9.62. The van der Waals surface area contributed by atoms with E-state index < -0.39 is 31.7 Å². The summed E-state index contributed by atoms with van der Waals surface area (Å²) in [5, 5.41) is 9.15. The number of hydrogen-bond acceptors (Lipinski definition) is 5. The van der Waals surface area contributed by atoms with Crippen LogP contribution in [-0.2, 0) is 16.2 Å². The number of aromatic nitrogens is 3. The molecule has 0 atom stereocenters. The maximum absolute atomic E-state index is 12.8. The SMILES string of the molecule is CNC(=O)c1cc(-c2ccc(NS(=O)(=O)c3ccc(C(F)(F)F)cc3Cl)cc2)nc2[nH]ncc12. The van der Waals surface area contributed by atoms with E-state index in [4.69, 9.17) is 11.6 Å². The summed E-state index contributed by atoms with van der Waals surface area (Å²) in [4.78, 5) is 16.2. The van der Waals surface area contributed by atoms with E-state index in [-0.39, 0.29) is 11.6 Å². The highest BCUT2D eigenvalue weighted by molar-refractivity contribution is 7.92. The van der Waals surface area contributed by atoms with E-state index in [0.717, 1.165) is 6.07 Å². The van der Waals surface area contributed by atoms with E-state index in [2.05, 4.69) is 25.2 Å². The van der Waals surface area contributed by atoms with Gasteiger partial charge in [-0.15, -0.1) is 0 Å². The van der Waals surface area contributed by atoms with Crippen molar-refractivity contribution in [2.45, 2.75) is 11.1 Å². The zero-order valence-corrected chi connectivity index (χ0v) is 18.8. The maximum atomic E-state index is 12.8. The Morgan fingerprint density at radius 3 is 2.41 bits per heavy atom. The first kappa shape index (κ1) is 23.5. The molecule has 0 saturated heterocycles. The van der Waals surface area contributed by atoms with Gasteiger partial charge < -0.3 is 5.32 Å². The van der Waals surface area contributed by atoms with E-state index in [0.29, 0.717) is 40.0 Å². The highest BCUT2D eigenvalue weighted by atomic mass is 35.5. The van der Waals surface area contributed by atoms with Crippen molar-refractivity contribution in [2.24, 2.45) is 0 Å². The number of sulfonamides is 1. The minimum Gasteiger partial charge on any atom is -0.355 e. The van der Waals surface area contributed by atoms with E-state index in [1.165, 1.54) is 25.4 Å². The minimum absolute atomic E-state index is 0.147. The number of halogens is 4. The summed E-state index contributed by atoms with van der Waals surface area (Å²) in [6.45, 7) is 0. The van der Waals surface area contributed by atoms with Gasteiger partial charge in [-0.25, -0.2) is 13.4 Å². The molecule has 2 aromatic carbocycles. The quantitative estimate of drug-likeness (QED) is 0.367. The molecule has 4 aromatic rings. The summed E-state index contributed by atoms with van der Waals surface area (Å²) < 4.78 is 66.1. The number of carbonyl (C=O) groups excluding carboxylic acids is 1. The van der Waals surface area contributed by atoms with Gasteiger partial charge in [0.25, 0.3) is 15.9 Å². The van der Waals surface area contributed by atoms with Crippen molar-refractivity contribution in [2.75, 3.05) is 11.8 Å². The minimum atomic E-state index is -4.65. The molecule has 4 rings (SSSR count). The molecule has 0 bridgehead atoms. The predicted molar refractivity (Wildman–Crippen MR) is 120 cm³/mol. The zero-order chi connectivity index (χ0) is 24.7. The van der Waals surface area contributed by atoms with Crippen molar-refractivity contribution in [3.8, 4) is 11.3 Å². The third-order valence-electron chi connectivity index (χ3n) is 4.88. The van der Waals surface area contributed by atoms with Gasteiger partial charge in [0.05, 0.1) is 33.4 Å². The van der Waals surface area contributed by atoms with Crippen molar-refractivity contribution in [1.29, 1.82) is 0 Å². The van der Waals surface area contributed by atoms with Gasteiger partial charge in [-0.1, -0.05) is 23.7 Å². The Morgan fingerprint density at radius 2 is 1.79 bits per heavy atom. The highest BCUT2D eigenvalue weighted by Crippen LogP contribution is 2.34. The number of carbonyl (C=O) groups is 1. The molecule has 176 valence electrons. The number of rotatable bonds is 5. The Hall–Kier alpha value is -3.64. The summed E-state index contributed by atoms with van der Waals surface area (Å²) in [6.07, 6.45) is -3.17. The van der Waals surface area contributed by atoms with E-state index in [1.807, 2.05) is 0 Å². The van der Waals surface area contributed by atoms with Crippen LogP contribution in [0.1, 0.15) is 15.9 Å². The number of pyridine rings is 1. The second-order valence-corrected chi connectivity index (χ2v) is 9.15. The number of aromatic amines is 1. The first-order valence-corrected chi connectivity index (χ1v) is 11.4. The lowest BCUT2D eigenvalue weighted by Crippen LogP contribution is -2.18. The zero-order valence-electron chi connectivity index (χ0n) is 17.2. The van der Waals surface area contributed by atoms with Crippen molar-refractivity contribution in [3.63, 3.8) is 0 Å². The van der Waals surface area contributed by atoms with Gasteiger partial charge in [0.1, 0.15) is 4.90 Å². The topological polar surface area (TPSA) is 117 Å². The molecule has 0 aliphatic heterocycles. The van der Waals surface area contributed by atoms with Crippen LogP contribution in [0.3, 0.4) is 0 Å². The Labute approximate surface area is 196 Å². The number of hydrogen-bond donors (Lipinski definition) is 3. The number of fused-ring (bicyclic) bond motifs is 1. The average Bonchev–Trinajstić information content (AvgIpc) is 3.26. The van der Waals surface area contributed by atoms with E-state index in [9.17, 15) is 26.4 Å². The standard InChI is InChI=1S/C21H15ClF3N5O3S/c1-26-20(31)14-9-17(28-19-15(14)10-27-29-19)11-2-5-13(6-3-11)30-34(32,33)18-7-4-12(8-16(18)22)21(23,24)25/h2-10,30H,1H3,(H,26,31)(H,27,28,29). The molecular weight excluding hydrogens is 495 g/mol. The van der Waals surface area contributed by atoms with Crippen LogP contribution in [0.15, 0.2) is 59.6 Å². The van der Waals surface area contributed by atoms with Gasteiger partial charge >= 0.3 is 6.18 Å². The Kier molecular flexibility index (Phi) is 5.96. The number of anilines is 1. The molecule has 0 unspecified atom stereocenters. The van der Waals surface area contributed by atoms with E-state index >= 15 is 0 Å². The average molecular weight is 510 g/mol. The molecule has 34 heavy (non-hydrogen) atoms. The molecule has 1 amide bonds. The van der Waals surface area contributed by atoms with Crippen molar-refractivity contribution >= 4 is 44.3 Å². The first-order chi connectivity index (χ1) is 16.0. The lowest BCUT2D eigenvalue weighted by Gasteiger charge is -2.12. The normalized spacial score (nSPS) is 12.0. The third kappa shape index (κ3) is 4.54. The first-order valence-electron chi connectivity index (χ1n) is 9.56. The van der Waals surface area contributed by atoms with Gasteiger partial charge in [0.15, 0.2) is 5.65 Å². The van der Waals surface area contributed by atoms with Crippen LogP contribution in [0, 0.1) is 0 Å². The van der Waals surface area contributed by atoms with Crippen molar-refractivity contribution in [1.82, 2.24) is 20.5 Å². The van der Waals surface area contributed by atoms with Crippen molar-refractivity contribution < 1.29 is 26.4 Å². The monoisotopic (exact) mass is 509 g/mol. The molecule has 0 aliphatic rings. The van der Waals surface area contributed by atoms with Gasteiger partial charge in [-0.05, 0) is 36.4 Å². The number of nitrogens with zero attached hydrogens (tertiary/aromatic N) is 2. The number of amides is 1. The molecule has 2 aromatic heterocycles. The molecule has 13 heteroatoms. The lowest BCUT2D eigenvalue weighted by molar-refractivity contribution is -0.137. The number of alkyl halides is 3. The molecule has 0 spiro atoms. The van der Waals surface area contributed by atoms with Crippen LogP contribution in [0.2, 0.25) is 5.02 Å². The van der Waals surface area contributed by atoms with Gasteiger partial charge in [-0.3, -0.25) is 14.6 Å². The Bertz CT molecular complexity index is 1500. The molecule has 3 N–H and O–H groups in total. The Morgan fingerprint density at radius 1 is 1.09 bits per heavy atom. The smallest absolute Gasteiger partial charge is 0.355 e. The Balaban J connectivity index is 1.62. The lowest BCUT2D eigenvalue weighted by atomic mass is 10.1. The third-order valence-corrected chi connectivity index (χ3v) is 6.74. The van der Waals surface area contributed by atoms with Crippen LogP contribution in [-0.4, -0.2) is 36.6 Å². The van der Waals surface area contributed by atoms with Crippen molar-refractivity contribution in [3.05, 3.63) is 70.9 Å². The second-order valence-electron chi connectivity index (χ2n) is 7.09. The maximum Gasteiger partial charge on any atom is 0.416 e. The van der Waals surface area contributed by atoms with Crippen LogP contribution in [0.5, 0.6) is 0 Å². The summed E-state index contributed by atoms with van der Waals surface area (Å²) >= 11 is 5.81. The fourth-order valence-electron chi connectivity index (χ4n) is 3.21. The number of nitrogens with one attached hydrogen (secondary N) is 3. The van der Waals surface area contributed by atoms with Crippen LogP contribution in [0.4, 0.5) is 18.9 Å². The highest BCUT2D eigenvalue weighted by Gasteiger charge is 2.32. The van der Waals surface area contributed by atoms with Gasteiger partial charge in [0, 0.05) is 18.3 Å². The van der Waals surface area contributed by atoms with Crippen LogP contribution in [0.25, 0.3) is 22.3 Å². The molecule has 0 fully saturated rings. The van der Waals surface area contributed by atoms with E-state index in [1.54, 1.807) is 18.2 Å². The number of benzene rings is 2. The summed E-state index contributed by atoms with van der Waals surface area (Å²) in [7, 11) is -2.76. The molecule has 0 saturated carbocycles. The van der Waals surface area contributed by atoms with Gasteiger partial charge in [0.2, 0.25) is 0 Å².